The summed E-state index contributed by atoms with van der Waals surface area (Å²) in [5.74, 6) is -0.453. The smallest absolute Gasteiger partial charge is 0.313 e. The zero-order valence-corrected chi connectivity index (χ0v) is 22.7. The van der Waals surface area contributed by atoms with Gasteiger partial charge in [0.05, 0.1) is 22.8 Å². The molecular formula is C27H40BFN4O4. The Hall–Kier alpha value is -2.01. The summed E-state index contributed by atoms with van der Waals surface area (Å²) < 4.78 is 19.9. The van der Waals surface area contributed by atoms with Crippen molar-refractivity contribution in [2.45, 2.75) is 101 Å². The number of fused-ring (bicyclic) bond motifs is 2. The number of carbonyl (C=O) groups excluding carboxylic acids is 2. The SMILES string of the molecule is CB(OC(C)(C)C(C)(C)O)C1CCCN1C(=O)[C@@H](N)CN1CC23CC1(C2)C(=O)N3Cc1cccc(F)c1. The van der Waals surface area contributed by atoms with Gasteiger partial charge in [-0.3, -0.25) is 14.5 Å². The van der Waals surface area contributed by atoms with Crippen LogP contribution in [0.15, 0.2) is 24.3 Å². The van der Waals surface area contributed by atoms with Crippen LogP contribution in [0, 0.1) is 5.82 Å². The van der Waals surface area contributed by atoms with Gasteiger partial charge in [-0.25, -0.2) is 4.39 Å². The van der Waals surface area contributed by atoms with Crippen molar-refractivity contribution in [3.8, 4) is 0 Å². The quantitative estimate of drug-likeness (QED) is 0.488. The number of halogens is 1. The summed E-state index contributed by atoms with van der Waals surface area (Å²) in [6.45, 7) is 10.9. The summed E-state index contributed by atoms with van der Waals surface area (Å²) in [4.78, 5) is 32.8. The molecule has 6 aliphatic rings. The number of nitrogens with zero attached hydrogens (tertiary/aromatic N) is 3. The Morgan fingerprint density at radius 2 is 2.03 bits per heavy atom. The van der Waals surface area contributed by atoms with E-state index in [0.29, 0.717) is 26.2 Å². The van der Waals surface area contributed by atoms with E-state index in [1.165, 1.54) is 12.1 Å². The third-order valence-electron chi connectivity index (χ3n) is 9.59. The molecule has 0 aromatic heterocycles. The second kappa shape index (κ2) is 8.76. The molecule has 10 heteroatoms. The van der Waals surface area contributed by atoms with Gasteiger partial charge in [0.25, 0.3) is 0 Å². The van der Waals surface area contributed by atoms with Crippen molar-refractivity contribution in [2.75, 3.05) is 19.6 Å². The summed E-state index contributed by atoms with van der Waals surface area (Å²) in [6, 6.07) is 5.68. The van der Waals surface area contributed by atoms with E-state index in [2.05, 4.69) is 4.90 Å². The highest BCUT2D eigenvalue weighted by Crippen LogP contribution is 2.64. The van der Waals surface area contributed by atoms with Crippen molar-refractivity contribution in [2.24, 2.45) is 5.73 Å². The number of nitrogens with two attached hydrogens (primary N) is 1. The Bertz CT molecular complexity index is 1090. The summed E-state index contributed by atoms with van der Waals surface area (Å²) in [5.41, 5.74) is 4.64. The average Bonchev–Trinajstić information content (AvgIpc) is 3.53. The maximum absolute atomic E-state index is 13.7. The van der Waals surface area contributed by atoms with E-state index in [1.807, 2.05) is 36.5 Å². The predicted molar refractivity (Wildman–Crippen MR) is 139 cm³/mol. The molecule has 37 heavy (non-hydrogen) atoms. The van der Waals surface area contributed by atoms with E-state index in [9.17, 15) is 19.1 Å². The molecule has 7 rings (SSSR count). The van der Waals surface area contributed by atoms with Crippen molar-refractivity contribution in [1.29, 1.82) is 0 Å². The van der Waals surface area contributed by atoms with Gasteiger partial charge in [0.2, 0.25) is 11.8 Å². The first-order valence-corrected chi connectivity index (χ1v) is 13.5. The molecule has 2 bridgehead atoms. The van der Waals surface area contributed by atoms with E-state index >= 15 is 0 Å². The molecule has 3 N–H and O–H groups in total. The van der Waals surface area contributed by atoms with Crippen LogP contribution in [0.4, 0.5) is 4.39 Å². The Morgan fingerprint density at radius 3 is 2.65 bits per heavy atom. The lowest BCUT2D eigenvalue weighted by Gasteiger charge is -2.41. The maximum atomic E-state index is 13.7. The molecule has 1 aliphatic carbocycles. The molecule has 0 spiro atoms. The monoisotopic (exact) mass is 514 g/mol. The van der Waals surface area contributed by atoms with Crippen LogP contribution in [0.2, 0.25) is 6.82 Å². The molecule has 5 heterocycles. The molecule has 2 amide bonds. The highest BCUT2D eigenvalue weighted by Gasteiger charge is 2.79. The first kappa shape index (κ1) is 26.6. The minimum Gasteiger partial charge on any atom is -0.426 e. The summed E-state index contributed by atoms with van der Waals surface area (Å²) in [6.07, 6.45) is 3.20. The van der Waals surface area contributed by atoms with Gasteiger partial charge in [0.1, 0.15) is 11.4 Å². The number of amides is 2. The second-order valence-corrected chi connectivity index (χ2v) is 12.8. The molecule has 1 aromatic carbocycles. The topological polar surface area (TPSA) is 99.3 Å². The van der Waals surface area contributed by atoms with Crippen LogP contribution in [-0.4, -0.2) is 92.4 Å². The zero-order chi connectivity index (χ0) is 27.0. The lowest BCUT2D eigenvalue weighted by molar-refractivity contribution is -0.140. The largest absolute Gasteiger partial charge is 0.426 e. The van der Waals surface area contributed by atoms with Crippen LogP contribution >= 0.6 is 0 Å². The first-order valence-electron chi connectivity index (χ1n) is 13.5. The lowest BCUT2D eigenvalue weighted by atomic mass is 9.60. The molecule has 2 atom stereocenters. The molecule has 5 aliphatic heterocycles. The fourth-order valence-corrected chi connectivity index (χ4v) is 6.98. The fourth-order valence-electron chi connectivity index (χ4n) is 6.98. The van der Waals surface area contributed by atoms with E-state index in [4.69, 9.17) is 10.4 Å². The first-order chi connectivity index (χ1) is 17.2. The Balaban J connectivity index is 1.21. The van der Waals surface area contributed by atoms with Crippen molar-refractivity contribution >= 4 is 18.7 Å². The van der Waals surface area contributed by atoms with E-state index < -0.39 is 22.8 Å². The van der Waals surface area contributed by atoms with Crippen LogP contribution in [0.25, 0.3) is 0 Å². The third kappa shape index (κ3) is 4.20. The summed E-state index contributed by atoms with van der Waals surface area (Å²) >= 11 is 0. The molecular weight excluding hydrogens is 474 g/mol. The molecule has 1 unspecified atom stereocenters. The van der Waals surface area contributed by atoms with Crippen LogP contribution < -0.4 is 5.73 Å². The second-order valence-electron chi connectivity index (χ2n) is 12.8. The standard InChI is InChI=1S/C27H40BFN4O4/c1-24(2,36)25(3,4)37-28(5)21-10-7-11-32(21)22(34)20(30)14-31-17-26-15-27(31,16-26)23(35)33(26)13-18-8-6-9-19(29)12-18/h6,8-9,12,20-21,36H,7,10-11,13-17,30H2,1-5H3/t20-,21?,26?,27?/m0/s1. The average molecular weight is 514 g/mol. The maximum Gasteiger partial charge on any atom is 0.313 e. The fraction of sp³-hybridized carbons (Fsp3) is 0.704. The number of likely N-dealkylation sites (tertiary alicyclic amines) is 1. The number of rotatable bonds is 9. The normalized spacial score (nSPS) is 30.2. The zero-order valence-electron chi connectivity index (χ0n) is 22.7. The summed E-state index contributed by atoms with van der Waals surface area (Å²) in [5, 5.41) is 10.5. The van der Waals surface area contributed by atoms with Crippen LogP contribution in [0.3, 0.4) is 0 Å². The van der Waals surface area contributed by atoms with Crippen LogP contribution in [0.1, 0.15) is 58.9 Å². The highest BCUT2D eigenvalue weighted by atomic mass is 19.1. The number of carbonyl (C=O) groups is 2. The van der Waals surface area contributed by atoms with Gasteiger partial charge < -0.3 is 25.3 Å². The van der Waals surface area contributed by atoms with Crippen molar-refractivity contribution in [3.63, 3.8) is 0 Å². The predicted octanol–water partition coefficient (Wildman–Crippen LogP) is 1.80. The van der Waals surface area contributed by atoms with Gasteiger partial charge in [0, 0.05) is 32.1 Å². The molecule has 0 radical (unpaired) electrons. The number of piperazine rings is 1. The Morgan fingerprint density at radius 1 is 1.32 bits per heavy atom. The van der Waals surface area contributed by atoms with Gasteiger partial charge in [0.15, 0.2) is 0 Å². The Kier molecular flexibility index (Phi) is 6.30. The van der Waals surface area contributed by atoms with Crippen LogP contribution in [-0.2, 0) is 20.8 Å². The van der Waals surface area contributed by atoms with E-state index in [-0.39, 0.29) is 36.0 Å². The van der Waals surface area contributed by atoms with Gasteiger partial charge in [-0.15, -0.1) is 0 Å². The molecule has 6 fully saturated rings. The van der Waals surface area contributed by atoms with Crippen molar-refractivity contribution in [1.82, 2.24) is 14.7 Å². The highest BCUT2D eigenvalue weighted by molar-refractivity contribution is 6.52. The van der Waals surface area contributed by atoms with Crippen molar-refractivity contribution < 1.29 is 23.7 Å². The van der Waals surface area contributed by atoms with Gasteiger partial charge in [-0.2, -0.15) is 0 Å². The third-order valence-corrected chi connectivity index (χ3v) is 9.59. The number of benzene rings is 1. The van der Waals surface area contributed by atoms with E-state index in [0.717, 1.165) is 31.2 Å². The molecule has 1 aromatic rings. The number of hydrogen-bond donors (Lipinski definition) is 2. The summed E-state index contributed by atoms with van der Waals surface area (Å²) in [7, 11) is 0. The van der Waals surface area contributed by atoms with Crippen LogP contribution in [0.5, 0.6) is 0 Å². The number of aliphatic hydroxyl groups is 1. The lowest BCUT2D eigenvalue weighted by Crippen LogP contribution is -2.59. The minimum atomic E-state index is -1.03. The van der Waals surface area contributed by atoms with E-state index in [1.54, 1.807) is 19.9 Å². The van der Waals surface area contributed by atoms with Gasteiger partial charge >= 0.3 is 6.92 Å². The number of hydrogen-bond acceptors (Lipinski definition) is 6. The van der Waals surface area contributed by atoms with Gasteiger partial charge in [-0.05, 0) is 71.1 Å². The molecule has 202 valence electrons. The molecule has 1 saturated carbocycles. The van der Waals surface area contributed by atoms with Crippen molar-refractivity contribution in [3.05, 3.63) is 35.6 Å². The Labute approximate surface area is 219 Å². The molecule has 8 nitrogen and oxygen atoms in total. The minimum absolute atomic E-state index is 0.0672. The van der Waals surface area contributed by atoms with Gasteiger partial charge in [-0.1, -0.05) is 19.0 Å². The molecule has 5 saturated heterocycles.